The maximum atomic E-state index is 12.9. The van der Waals surface area contributed by atoms with E-state index < -0.39 is 10.0 Å². The SMILES string of the molecule is CCc1ccc(NS(=O)(=O)c2cc(C(=O)NCC3CC3)ccc2OC)cc1. The number of benzene rings is 2. The lowest BCUT2D eigenvalue weighted by atomic mass is 10.2. The predicted molar refractivity (Wildman–Crippen MR) is 105 cm³/mol. The smallest absolute Gasteiger partial charge is 0.265 e. The Morgan fingerprint density at radius 3 is 2.44 bits per heavy atom. The lowest BCUT2D eigenvalue weighted by molar-refractivity contribution is 0.0951. The second-order valence-electron chi connectivity index (χ2n) is 6.68. The van der Waals surface area contributed by atoms with E-state index in [1.807, 2.05) is 19.1 Å². The van der Waals surface area contributed by atoms with Crippen LogP contribution < -0.4 is 14.8 Å². The van der Waals surface area contributed by atoms with Crippen LogP contribution in [-0.2, 0) is 16.4 Å². The van der Waals surface area contributed by atoms with Crippen LogP contribution >= 0.6 is 0 Å². The molecule has 0 saturated heterocycles. The minimum absolute atomic E-state index is 0.0661. The fourth-order valence-corrected chi connectivity index (χ4v) is 3.96. The van der Waals surface area contributed by atoms with Gasteiger partial charge in [-0.25, -0.2) is 8.42 Å². The summed E-state index contributed by atoms with van der Waals surface area (Å²) in [5, 5.41) is 2.84. The first-order valence-electron chi connectivity index (χ1n) is 9.01. The van der Waals surface area contributed by atoms with E-state index in [1.165, 1.54) is 19.2 Å². The van der Waals surface area contributed by atoms with Crippen LogP contribution in [0.2, 0.25) is 0 Å². The molecular formula is C20H24N2O4S. The Morgan fingerprint density at radius 1 is 1.15 bits per heavy atom. The highest BCUT2D eigenvalue weighted by Crippen LogP contribution is 2.29. The van der Waals surface area contributed by atoms with Crippen molar-refractivity contribution in [2.45, 2.75) is 31.1 Å². The molecule has 0 bridgehead atoms. The maximum absolute atomic E-state index is 12.9. The normalized spacial score (nSPS) is 13.9. The molecule has 1 fully saturated rings. The molecule has 2 aromatic carbocycles. The Labute approximate surface area is 160 Å². The monoisotopic (exact) mass is 388 g/mol. The van der Waals surface area contributed by atoms with E-state index in [-0.39, 0.29) is 22.1 Å². The minimum atomic E-state index is -3.91. The van der Waals surface area contributed by atoms with E-state index in [0.717, 1.165) is 24.8 Å². The van der Waals surface area contributed by atoms with Gasteiger partial charge in [-0.3, -0.25) is 9.52 Å². The van der Waals surface area contributed by atoms with Gasteiger partial charge in [0.15, 0.2) is 0 Å². The first-order valence-corrected chi connectivity index (χ1v) is 10.5. The molecule has 6 nitrogen and oxygen atoms in total. The van der Waals surface area contributed by atoms with Crippen molar-refractivity contribution in [2.24, 2.45) is 5.92 Å². The van der Waals surface area contributed by atoms with Crippen LogP contribution in [-0.4, -0.2) is 28.0 Å². The number of sulfonamides is 1. The fourth-order valence-electron chi connectivity index (χ4n) is 2.71. The van der Waals surface area contributed by atoms with Crippen LogP contribution in [0.4, 0.5) is 5.69 Å². The van der Waals surface area contributed by atoms with Gasteiger partial charge in [0.1, 0.15) is 10.6 Å². The van der Waals surface area contributed by atoms with Crippen molar-refractivity contribution in [1.29, 1.82) is 0 Å². The zero-order chi connectivity index (χ0) is 19.4. The predicted octanol–water partition coefficient (Wildman–Crippen LogP) is 3.20. The highest BCUT2D eigenvalue weighted by molar-refractivity contribution is 7.92. The van der Waals surface area contributed by atoms with Crippen molar-refractivity contribution in [1.82, 2.24) is 5.32 Å². The van der Waals surface area contributed by atoms with Crippen molar-refractivity contribution in [3.8, 4) is 5.75 Å². The van der Waals surface area contributed by atoms with Crippen molar-refractivity contribution in [3.63, 3.8) is 0 Å². The summed E-state index contributed by atoms with van der Waals surface area (Å²) in [5.74, 6) is 0.447. The molecule has 1 aliphatic carbocycles. The molecule has 0 unspecified atom stereocenters. The molecule has 0 aromatic heterocycles. The molecule has 2 aromatic rings. The van der Waals surface area contributed by atoms with E-state index in [1.54, 1.807) is 18.2 Å². The lowest BCUT2D eigenvalue weighted by Crippen LogP contribution is -2.26. The van der Waals surface area contributed by atoms with E-state index in [4.69, 9.17) is 4.74 Å². The van der Waals surface area contributed by atoms with Crippen LogP contribution in [0.3, 0.4) is 0 Å². The first kappa shape index (κ1) is 19.2. The molecule has 1 amide bonds. The fraction of sp³-hybridized carbons (Fsp3) is 0.350. The van der Waals surface area contributed by atoms with Crippen molar-refractivity contribution < 1.29 is 17.9 Å². The Bertz CT molecular complexity index is 919. The van der Waals surface area contributed by atoms with Gasteiger partial charge >= 0.3 is 0 Å². The summed E-state index contributed by atoms with van der Waals surface area (Å²) in [7, 11) is -2.51. The van der Waals surface area contributed by atoms with Gasteiger partial charge in [-0.1, -0.05) is 19.1 Å². The number of carbonyl (C=O) groups is 1. The van der Waals surface area contributed by atoms with Gasteiger partial charge in [0, 0.05) is 17.8 Å². The average molecular weight is 388 g/mol. The van der Waals surface area contributed by atoms with Crippen LogP contribution in [0.15, 0.2) is 47.4 Å². The number of hydrogen-bond acceptors (Lipinski definition) is 4. The summed E-state index contributed by atoms with van der Waals surface area (Å²) in [6.45, 7) is 2.65. The van der Waals surface area contributed by atoms with E-state index in [2.05, 4.69) is 10.0 Å². The third kappa shape index (κ3) is 4.80. The Kier molecular flexibility index (Phi) is 5.70. The summed E-state index contributed by atoms with van der Waals surface area (Å²) < 4.78 is 33.5. The van der Waals surface area contributed by atoms with Gasteiger partial charge in [-0.15, -0.1) is 0 Å². The molecule has 1 saturated carbocycles. The summed E-state index contributed by atoms with van der Waals surface area (Å²) in [6.07, 6.45) is 3.13. The van der Waals surface area contributed by atoms with Gasteiger partial charge in [0.05, 0.1) is 7.11 Å². The van der Waals surface area contributed by atoms with Crippen LogP contribution in [0.1, 0.15) is 35.7 Å². The number of methoxy groups -OCH3 is 1. The molecule has 3 rings (SSSR count). The molecule has 27 heavy (non-hydrogen) atoms. The summed E-state index contributed by atoms with van der Waals surface area (Å²) in [5.41, 5.74) is 1.86. The quantitative estimate of drug-likeness (QED) is 0.727. The Balaban J connectivity index is 1.84. The van der Waals surface area contributed by atoms with Gasteiger partial charge in [-0.05, 0) is 61.1 Å². The second kappa shape index (κ2) is 8.00. The molecule has 0 atom stereocenters. The van der Waals surface area contributed by atoms with Gasteiger partial charge in [0.2, 0.25) is 0 Å². The number of anilines is 1. The number of amides is 1. The summed E-state index contributed by atoms with van der Waals surface area (Å²) in [4.78, 5) is 12.3. The van der Waals surface area contributed by atoms with Crippen molar-refractivity contribution in [2.75, 3.05) is 18.4 Å². The molecule has 7 heteroatoms. The number of nitrogens with one attached hydrogen (secondary N) is 2. The highest BCUT2D eigenvalue weighted by Gasteiger charge is 2.24. The molecule has 144 valence electrons. The highest BCUT2D eigenvalue weighted by atomic mass is 32.2. The molecule has 0 radical (unpaired) electrons. The molecular weight excluding hydrogens is 364 g/mol. The lowest BCUT2D eigenvalue weighted by Gasteiger charge is -2.13. The number of hydrogen-bond donors (Lipinski definition) is 2. The molecule has 1 aliphatic rings. The molecule has 0 heterocycles. The maximum Gasteiger partial charge on any atom is 0.265 e. The van der Waals surface area contributed by atoms with Crippen LogP contribution in [0.25, 0.3) is 0 Å². The number of ether oxygens (including phenoxy) is 1. The van der Waals surface area contributed by atoms with E-state index in [0.29, 0.717) is 18.2 Å². The largest absolute Gasteiger partial charge is 0.495 e. The Hall–Kier alpha value is -2.54. The van der Waals surface area contributed by atoms with Gasteiger partial charge in [-0.2, -0.15) is 0 Å². The second-order valence-corrected chi connectivity index (χ2v) is 8.33. The van der Waals surface area contributed by atoms with E-state index >= 15 is 0 Å². The third-order valence-corrected chi connectivity index (χ3v) is 5.98. The van der Waals surface area contributed by atoms with Gasteiger partial charge in [0.25, 0.3) is 15.9 Å². The average Bonchev–Trinajstić information content (AvgIpc) is 3.50. The first-order chi connectivity index (χ1) is 12.9. The van der Waals surface area contributed by atoms with Crippen molar-refractivity contribution >= 4 is 21.6 Å². The standard InChI is InChI=1S/C20H24N2O4S/c1-3-14-6-9-17(10-7-14)22-27(24,25)19-12-16(8-11-18(19)26-2)20(23)21-13-15-4-5-15/h6-12,15,22H,3-5,13H2,1-2H3,(H,21,23). The van der Waals surface area contributed by atoms with Crippen LogP contribution in [0.5, 0.6) is 5.75 Å². The van der Waals surface area contributed by atoms with Crippen molar-refractivity contribution in [3.05, 3.63) is 53.6 Å². The van der Waals surface area contributed by atoms with Crippen LogP contribution in [0, 0.1) is 5.92 Å². The number of carbonyl (C=O) groups excluding carboxylic acids is 1. The summed E-state index contributed by atoms with van der Waals surface area (Å²) in [6, 6.07) is 11.6. The molecule has 2 N–H and O–H groups in total. The minimum Gasteiger partial charge on any atom is -0.495 e. The number of rotatable bonds is 8. The Morgan fingerprint density at radius 2 is 1.85 bits per heavy atom. The zero-order valence-corrected chi connectivity index (χ0v) is 16.3. The third-order valence-electron chi connectivity index (χ3n) is 4.58. The van der Waals surface area contributed by atoms with Gasteiger partial charge < -0.3 is 10.1 Å². The van der Waals surface area contributed by atoms with E-state index in [9.17, 15) is 13.2 Å². The topological polar surface area (TPSA) is 84.5 Å². The number of aryl methyl sites for hydroxylation is 1. The summed E-state index contributed by atoms with van der Waals surface area (Å²) >= 11 is 0. The molecule has 0 aliphatic heterocycles. The zero-order valence-electron chi connectivity index (χ0n) is 15.5. The molecule has 0 spiro atoms.